The summed E-state index contributed by atoms with van der Waals surface area (Å²) in [5.74, 6) is 0.421. The Morgan fingerprint density at radius 1 is 0.842 bits per heavy atom. The Kier molecular flexibility index (Phi) is 11.9. The van der Waals surface area contributed by atoms with Gasteiger partial charge in [0.1, 0.15) is 12.4 Å². The summed E-state index contributed by atoms with van der Waals surface area (Å²) in [7, 11) is 1.42. The number of nitrogens with zero attached hydrogens (tertiary/aromatic N) is 1. The second-order valence-electron chi connectivity index (χ2n) is 9.36. The molecule has 0 heterocycles. The van der Waals surface area contributed by atoms with Gasteiger partial charge >= 0.3 is 11.9 Å². The van der Waals surface area contributed by atoms with E-state index in [0.29, 0.717) is 25.2 Å². The van der Waals surface area contributed by atoms with Crippen LogP contribution in [0.25, 0.3) is 0 Å². The van der Waals surface area contributed by atoms with Crippen LogP contribution < -0.4 is 4.74 Å². The van der Waals surface area contributed by atoms with Gasteiger partial charge in [-0.15, -0.1) is 0 Å². The molecule has 38 heavy (non-hydrogen) atoms. The molecule has 0 bridgehead atoms. The van der Waals surface area contributed by atoms with Crippen molar-refractivity contribution in [3.63, 3.8) is 0 Å². The van der Waals surface area contributed by atoms with Gasteiger partial charge in [0.15, 0.2) is 0 Å². The van der Waals surface area contributed by atoms with E-state index >= 15 is 0 Å². The predicted octanol–water partition coefficient (Wildman–Crippen LogP) is 6.14. The average molecular weight is 518 g/mol. The molecule has 6 nitrogen and oxygen atoms in total. The molecular formula is C32H39NO5. The van der Waals surface area contributed by atoms with Crippen LogP contribution >= 0.6 is 0 Å². The molecule has 3 aromatic carbocycles. The van der Waals surface area contributed by atoms with Gasteiger partial charge in [0.2, 0.25) is 0 Å². The third-order valence-electron chi connectivity index (χ3n) is 6.39. The number of hydrogen-bond donors (Lipinski definition) is 0. The van der Waals surface area contributed by atoms with Crippen molar-refractivity contribution in [3.05, 3.63) is 101 Å². The van der Waals surface area contributed by atoms with Gasteiger partial charge in [-0.05, 0) is 74.5 Å². The topological polar surface area (TPSA) is 65.1 Å². The molecule has 0 N–H and O–H groups in total. The number of methoxy groups -OCH3 is 1. The summed E-state index contributed by atoms with van der Waals surface area (Å²) in [4.78, 5) is 25.9. The van der Waals surface area contributed by atoms with Gasteiger partial charge in [0.05, 0.1) is 19.3 Å². The van der Waals surface area contributed by atoms with Crippen LogP contribution in [0.15, 0.2) is 72.8 Å². The molecule has 6 heteroatoms. The molecule has 0 unspecified atom stereocenters. The van der Waals surface area contributed by atoms with E-state index < -0.39 is 0 Å². The third kappa shape index (κ3) is 9.67. The maximum atomic E-state index is 12.0. The van der Waals surface area contributed by atoms with E-state index in [2.05, 4.69) is 42.2 Å². The number of benzene rings is 3. The molecular weight excluding hydrogens is 478 g/mol. The fraction of sp³-hybridized carbons (Fsp3) is 0.375. The Balaban J connectivity index is 1.63. The van der Waals surface area contributed by atoms with Gasteiger partial charge in [-0.25, -0.2) is 4.79 Å². The molecule has 0 saturated heterocycles. The smallest absolute Gasteiger partial charge is 0.338 e. The zero-order valence-electron chi connectivity index (χ0n) is 22.8. The summed E-state index contributed by atoms with van der Waals surface area (Å²) in [6.07, 6.45) is 2.93. The maximum absolute atomic E-state index is 12.0. The highest BCUT2D eigenvalue weighted by Gasteiger charge is 2.12. The lowest BCUT2D eigenvalue weighted by Gasteiger charge is -2.23. The lowest BCUT2D eigenvalue weighted by Crippen LogP contribution is -2.27. The van der Waals surface area contributed by atoms with Gasteiger partial charge in [0, 0.05) is 19.5 Å². The molecule has 0 radical (unpaired) electrons. The summed E-state index contributed by atoms with van der Waals surface area (Å²) in [6.45, 7) is 7.20. The van der Waals surface area contributed by atoms with Gasteiger partial charge in [-0.2, -0.15) is 0 Å². The Hall–Kier alpha value is -3.64. The summed E-state index contributed by atoms with van der Waals surface area (Å²) >= 11 is 0. The number of carbonyl (C=O) groups excluding carboxylic acids is 2. The van der Waals surface area contributed by atoms with Crippen LogP contribution in [-0.4, -0.2) is 43.6 Å². The first kappa shape index (κ1) is 28.9. The zero-order valence-corrected chi connectivity index (χ0v) is 22.8. The summed E-state index contributed by atoms with van der Waals surface area (Å²) < 4.78 is 16.1. The lowest BCUT2D eigenvalue weighted by atomic mass is 10.1. The molecule has 0 amide bonds. The van der Waals surface area contributed by atoms with E-state index in [9.17, 15) is 9.59 Å². The van der Waals surface area contributed by atoms with E-state index in [1.54, 1.807) is 6.92 Å². The lowest BCUT2D eigenvalue weighted by molar-refractivity contribution is -0.140. The van der Waals surface area contributed by atoms with Gasteiger partial charge in [-0.1, -0.05) is 60.2 Å². The average Bonchev–Trinajstić information content (AvgIpc) is 2.94. The number of unbranched alkanes of at least 4 members (excludes halogenated alkanes) is 1. The van der Waals surface area contributed by atoms with Crippen LogP contribution in [0.2, 0.25) is 0 Å². The number of rotatable bonds is 15. The van der Waals surface area contributed by atoms with Crippen LogP contribution in [0.1, 0.15) is 58.8 Å². The second kappa shape index (κ2) is 15.6. The minimum absolute atomic E-state index is 0.175. The van der Waals surface area contributed by atoms with E-state index in [4.69, 9.17) is 14.2 Å². The van der Waals surface area contributed by atoms with Crippen molar-refractivity contribution < 1.29 is 23.8 Å². The minimum atomic E-state index is -0.305. The number of esters is 2. The van der Waals surface area contributed by atoms with Crippen molar-refractivity contribution in [1.82, 2.24) is 4.90 Å². The van der Waals surface area contributed by atoms with Crippen molar-refractivity contribution in [2.45, 2.75) is 52.7 Å². The highest BCUT2D eigenvalue weighted by atomic mass is 16.5. The number of carbonyl (C=O) groups is 2. The third-order valence-corrected chi connectivity index (χ3v) is 6.39. The quantitative estimate of drug-likeness (QED) is 0.178. The highest BCUT2D eigenvalue weighted by molar-refractivity contribution is 5.89. The SMILES string of the molecule is CCOC(=O)c1ccc(CN(CCCCC(=O)OC)CCc2ccccc2OCc2ccc(C)cc2)cc1. The largest absolute Gasteiger partial charge is 0.489 e. The van der Waals surface area contributed by atoms with Crippen LogP contribution in [-0.2, 0) is 33.8 Å². The molecule has 3 rings (SSSR count). The molecule has 0 aliphatic carbocycles. The molecule has 202 valence electrons. The Morgan fingerprint density at radius 3 is 2.26 bits per heavy atom. The first-order valence-corrected chi connectivity index (χ1v) is 13.3. The maximum Gasteiger partial charge on any atom is 0.338 e. The standard InChI is InChI=1S/C32H39NO5/c1-4-37-32(35)29-18-16-26(17-19-29)23-33(21-8-7-11-31(34)36-3)22-20-28-9-5-6-10-30(28)38-24-27-14-12-25(2)13-15-27/h5-6,9-10,12-19H,4,7-8,11,20-24H2,1-3H3. The minimum Gasteiger partial charge on any atom is -0.489 e. The van der Waals surface area contributed by atoms with Crippen molar-refractivity contribution in [3.8, 4) is 5.75 Å². The first-order chi connectivity index (χ1) is 18.5. The monoisotopic (exact) mass is 517 g/mol. The molecule has 0 aliphatic rings. The number of ether oxygens (including phenoxy) is 3. The highest BCUT2D eigenvalue weighted by Crippen LogP contribution is 2.21. The second-order valence-corrected chi connectivity index (χ2v) is 9.36. The van der Waals surface area contributed by atoms with E-state index in [1.807, 2.05) is 42.5 Å². The molecule has 0 spiro atoms. The molecule has 3 aromatic rings. The van der Waals surface area contributed by atoms with E-state index in [-0.39, 0.29) is 11.9 Å². The van der Waals surface area contributed by atoms with Crippen LogP contribution in [0.3, 0.4) is 0 Å². The van der Waals surface area contributed by atoms with Gasteiger partial charge in [0.25, 0.3) is 0 Å². The zero-order chi connectivity index (χ0) is 27.2. The molecule has 0 aromatic heterocycles. The Bertz CT molecular complexity index is 1140. The van der Waals surface area contributed by atoms with Crippen molar-refractivity contribution in [2.24, 2.45) is 0 Å². The van der Waals surface area contributed by atoms with Gasteiger partial charge in [-0.3, -0.25) is 9.69 Å². The molecule has 0 atom stereocenters. The first-order valence-electron chi connectivity index (χ1n) is 13.3. The van der Waals surface area contributed by atoms with Crippen LogP contribution in [0, 0.1) is 6.92 Å². The summed E-state index contributed by atoms with van der Waals surface area (Å²) in [6, 6.07) is 24.2. The van der Waals surface area contributed by atoms with E-state index in [0.717, 1.165) is 61.3 Å². The van der Waals surface area contributed by atoms with Gasteiger partial charge < -0.3 is 14.2 Å². The van der Waals surface area contributed by atoms with Crippen molar-refractivity contribution in [2.75, 3.05) is 26.8 Å². The van der Waals surface area contributed by atoms with Crippen LogP contribution in [0.5, 0.6) is 5.75 Å². The fourth-order valence-electron chi connectivity index (χ4n) is 4.17. The number of para-hydroxylation sites is 1. The molecule has 0 aliphatic heterocycles. The Labute approximate surface area is 226 Å². The van der Waals surface area contributed by atoms with Crippen molar-refractivity contribution in [1.29, 1.82) is 0 Å². The summed E-state index contributed by atoms with van der Waals surface area (Å²) in [5.41, 5.74) is 5.21. The Morgan fingerprint density at radius 2 is 1.55 bits per heavy atom. The molecule has 0 saturated carbocycles. The fourth-order valence-corrected chi connectivity index (χ4v) is 4.17. The van der Waals surface area contributed by atoms with E-state index in [1.165, 1.54) is 12.7 Å². The number of hydrogen-bond acceptors (Lipinski definition) is 6. The van der Waals surface area contributed by atoms with Crippen molar-refractivity contribution >= 4 is 11.9 Å². The number of aryl methyl sites for hydroxylation is 1. The van der Waals surface area contributed by atoms with Crippen LogP contribution in [0.4, 0.5) is 0 Å². The normalized spacial score (nSPS) is 10.8. The molecule has 0 fully saturated rings. The summed E-state index contributed by atoms with van der Waals surface area (Å²) in [5, 5.41) is 0. The predicted molar refractivity (Wildman–Crippen MR) is 149 cm³/mol.